The number of carbonyl (C=O) groups excluding carboxylic acids is 1. The zero-order valence-corrected chi connectivity index (χ0v) is 26.9. The van der Waals surface area contributed by atoms with Crippen LogP contribution >= 0.6 is 0 Å². The number of benzene rings is 1. The summed E-state index contributed by atoms with van der Waals surface area (Å²) >= 11 is 0. The smallest absolute Gasteiger partial charge is 0.305 e. The normalized spacial score (nSPS) is 16.0. The van der Waals surface area contributed by atoms with Crippen LogP contribution in [0.2, 0.25) is 0 Å². The Balaban J connectivity index is 0.000000635. The van der Waals surface area contributed by atoms with Crippen molar-refractivity contribution < 1.29 is 31.9 Å². The Hall–Kier alpha value is -4.59. The average Bonchev–Trinajstić information content (AvgIpc) is 3.28. The molecular formula is C32H35F2N5O6S. The number of rotatable bonds is 5. The molecule has 1 atom stereocenters. The quantitative estimate of drug-likeness (QED) is 0.308. The highest BCUT2D eigenvalue weighted by Crippen LogP contribution is 2.47. The molecule has 6 rings (SSSR count). The lowest BCUT2D eigenvalue weighted by Crippen LogP contribution is -2.32. The third-order valence-electron chi connectivity index (χ3n) is 8.24. The van der Waals surface area contributed by atoms with Crippen molar-refractivity contribution in [3.8, 4) is 11.1 Å². The van der Waals surface area contributed by atoms with Gasteiger partial charge in [-0.15, -0.1) is 0 Å². The first kappa shape index (κ1) is 32.8. The molecule has 0 radical (unpaired) electrons. The number of carboxylic acid groups (broad SMARTS) is 1. The predicted octanol–water partition coefficient (Wildman–Crippen LogP) is 4.93. The van der Waals surface area contributed by atoms with Crippen molar-refractivity contribution in [1.82, 2.24) is 19.4 Å². The van der Waals surface area contributed by atoms with E-state index in [9.17, 15) is 27.2 Å². The number of aromatic nitrogens is 3. The molecule has 14 heteroatoms. The van der Waals surface area contributed by atoms with E-state index in [1.54, 1.807) is 50.3 Å². The highest BCUT2D eigenvalue weighted by Gasteiger charge is 2.37. The summed E-state index contributed by atoms with van der Waals surface area (Å²) in [6, 6.07) is 4.01. The minimum Gasteiger partial charge on any atom is -0.481 e. The summed E-state index contributed by atoms with van der Waals surface area (Å²) in [4.78, 5) is 46.7. The van der Waals surface area contributed by atoms with Gasteiger partial charge in [0.15, 0.2) is 21.5 Å². The summed E-state index contributed by atoms with van der Waals surface area (Å²) in [6.07, 6.45) is 6.31. The van der Waals surface area contributed by atoms with Crippen LogP contribution in [-0.2, 0) is 28.2 Å². The summed E-state index contributed by atoms with van der Waals surface area (Å²) in [5.41, 5.74) is 2.83. The van der Waals surface area contributed by atoms with Crippen LogP contribution in [0.3, 0.4) is 0 Å². The van der Waals surface area contributed by atoms with Crippen molar-refractivity contribution in [2.24, 2.45) is 13.0 Å². The van der Waals surface area contributed by atoms with Crippen LogP contribution in [0.5, 0.6) is 0 Å². The lowest BCUT2D eigenvalue weighted by Gasteiger charge is -2.27. The van der Waals surface area contributed by atoms with Crippen LogP contribution in [0.25, 0.3) is 22.0 Å². The zero-order valence-electron chi connectivity index (χ0n) is 26.1. The molecule has 0 fully saturated rings. The molecule has 4 aromatic rings. The number of sulfone groups is 1. The van der Waals surface area contributed by atoms with Crippen molar-refractivity contribution in [3.05, 3.63) is 75.5 Å². The number of anilines is 2. The van der Waals surface area contributed by atoms with E-state index >= 15 is 4.39 Å². The molecule has 2 aliphatic heterocycles. The van der Waals surface area contributed by atoms with Crippen molar-refractivity contribution in [1.29, 1.82) is 0 Å². The molecule has 46 heavy (non-hydrogen) atoms. The SMILES string of the molecule is CC(C)C(=O)O.CCCN1CCC(S(C)(=O)=O)c2cc3c(cc2C1=O)N(c1ncc(F)cc1F)Cc1c[nH]c2c(=O)n(C)cc-3c12. The Kier molecular flexibility index (Phi) is 8.77. The molecule has 0 saturated heterocycles. The number of hydrogen-bond acceptors (Lipinski definition) is 7. The molecule has 1 amide bonds. The van der Waals surface area contributed by atoms with Gasteiger partial charge in [0.05, 0.1) is 29.6 Å². The van der Waals surface area contributed by atoms with Gasteiger partial charge in [-0.1, -0.05) is 20.8 Å². The maximum absolute atomic E-state index is 15.2. The molecule has 2 N–H and O–H groups in total. The van der Waals surface area contributed by atoms with E-state index in [0.29, 0.717) is 51.8 Å². The number of nitrogens with zero attached hydrogens (tertiary/aromatic N) is 4. The maximum Gasteiger partial charge on any atom is 0.305 e. The number of carbonyl (C=O) groups is 2. The molecule has 3 aromatic heterocycles. The summed E-state index contributed by atoms with van der Waals surface area (Å²) < 4.78 is 56.6. The Morgan fingerprint density at radius 3 is 2.46 bits per heavy atom. The van der Waals surface area contributed by atoms with Crippen LogP contribution in [0.15, 0.2) is 41.6 Å². The largest absolute Gasteiger partial charge is 0.481 e. The highest BCUT2D eigenvalue weighted by molar-refractivity contribution is 7.90. The van der Waals surface area contributed by atoms with Crippen molar-refractivity contribution in [3.63, 3.8) is 0 Å². The van der Waals surface area contributed by atoms with Gasteiger partial charge in [-0.2, -0.15) is 0 Å². The van der Waals surface area contributed by atoms with Crippen LogP contribution in [-0.4, -0.2) is 64.2 Å². The van der Waals surface area contributed by atoms with E-state index in [2.05, 4.69) is 9.97 Å². The first-order valence-corrected chi connectivity index (χ1v) is 16.8. The maximum atomic E-state index is 15.2. The van der Waals surface area contributed by atoms with Gasteiger partial charge < -0.3 is 24.5 Å². The van der Waals surface area contributed by atoms with Gasteiger partial charge in [-0.25, -0.2) is 22.2 Å². The van der Waals surface area contributed by atoms with E-state index in [1.165, 1.54) is 9.47 Å². The zero-order chi connectivity index (χ0) is 33.7. The van der Waals surface area contributed by atoms with E-state index < -0.39 is 32.7 Å². The van der Waals surface area contributed by atoms with Gasteiger partial charge in [0.2, 0.25) is 0 Å². The molecule has 0 bridgehead atoms. The van der Waals surface area contributed by atoms with Gasteiger partial charge in [0, 0.05) is 66.9 Å². The minimum absolute atomic E-state index is 0.0594. The molecule has 11 nitrogen and oxygen atoms in total. The predicted molar refractivity (Wildman–Crippen MR) is 170 cm³/mol. The minimum atomic E-state index is -3.62. The first-order valence-electron chi connectivity index (χ1n) is 14.8. The number of fused-ring (bicyclic) bond motifs is 3. The number of halogens is 2. The van der Waals surface area contributed by atoms with Crippen LogP contribution in [0, 0.1) is 17.6 Å². The molecule has 244 valence electrons. The van der Waals surface area contributed by atoms with Crippen LogP contribution < -0.4 is 10.5 Å². The van der Waals surface area contributed by atoms with E-state index in [4.69, 9.17) is 5.11 Å². The summed E-state index contributed by atoms with van der Waals surface area (Å²) in [5.74, 6) is -3.19. The van der Waals surface area contributed by atoms with E-state index in [-0.39, 0.29) is 48.3 Å². The molecule has 1 aromatic carbocycles. The fourth-order valence-electron chi connectivity index (χ4n) is 5.94. The van der Waals surface area contributed by atoms with Crippen molar-refractivity contribution in [2.45, 2.75) is 45.4 Å². The summed E-state index contributed by atoms with van der Waals surface area (Å²) in [6.45, 7) is 6.01. The monoisotopic (exact) mass is 655 g/mol. The Bertz CT molecular complexity index is 2040. The van der Waals surface area contributed by atoms with Crippen LogP contribution in [0.4, 0.5) is 20.3 Å². The van der Waals surface area contributed by atoms with E-state index in [0.717, 1.165) is 18.5 Å². The van der Waals surface area contributed by atoms with Crippen LogP contribution in [0.1, 0.15) is 60.3 Å². The van der Waals surface area contributed by atoms with Gasteiger partial charge >= 0.3 is 5.97 Å². The number of nitrogens with one attached hydrogen (secondary N) is 1. The number of carboxylic acids is 1. The van der Waals surface area contributed by atoms with Gasteiger partial charge in [0.25, 0.3) is 11.5 Å². The second-order valence-corrected chi connectivity index (χ2v) is 14.1. The third-order valence-corrected chi connectivity index (χ3v) is 9.76. The molecule has 2 aliphatic rings. The molecule has 1 unspecified atom stereocenters. The Morgan fingerprint density at radius 1 is 1.15 bits per heavy atom. The Labute approximate surface area is 264 Å². The number of pyridine rings is 2. The lowest BCUT2D eigenvalue weighted by atomic mass is 9.93. The molecule has 0 spiro atoms. The molecular weight excluding hydrogens is 620 g/mol. The number of aliphatic carboxylic acids is 1. The van der Waals surface area contributed by atoms with Crippen molar-refractivity contribution in [2.75, 3.05) is 24.2 Å². The van der Waals surface area contributed by atoms with Gasteiger partial charge in [0.1, 0.15) is 11.3 Å². The third kappa shape index (κ3) is 5.88. The second kappa shape index (κ2) is 12.3. The fraction of sp³-hybridized carbons (Fsp3) is 0.375. The number of amides is 1. The Morgan fingerprint density at radius 2 is 1.85 bits per heavy atom. The number of H-pyrrole nitrogens is 1. The fourth-order valence-corrected chi connectivity index (χ4v) is 7.13. The summed E-state index contributed by atoms with van der Waals surface area (Å²) in [5, 5.41) is 7.66. The molecule has 0 aliphatic carbocycles. The van der Waals surface area contributed by atoms with Crippen molar-refractivity contribution >= 4 is 44.1 Å². The number of hydrogen-bond donors (Lipinski definition) is 2. The van der Waals surface area contributed by atoms with Gasteiger partial charge in [-0.05, 0) is 36.1 Å². The summed E-state index contributed by atoms with van der Waals surface area (Å²) in [7, 11) is -2.01. The van der Waals surface area contributed by atoms with Gasteiger partial charge in [-0.3, -0.25) is 14.4 Å². The molecule has 5 heterocycles. The number of aromatic amines is 1. The van der Waals surface area contributed by atoms with E-state index in [1.807, 2.05) is 6.92 Å². The molecule has 0 saturated carbocycles. The highest BCUT2D eigenvalue weighted by atomic mass is 32.2. The average molecular weight is 656 g/mol. The second-order valence-electron chi connectivity index (χ2n) is 11.9. The standard InChI is InChI=1S/C28H27F2N5O4S.C4H8O2/c1-4-6-34-7-5-23(40(3,38)39)18-9-17-20-14-33(2)28(37)25-24(20)15(11-31-25)13-35(22(17)10-19(18)27(34)36)26-21(30)8-16(29)12-32-26;1-3(2)4(5)6/h8-12,14,23,31H,4-7,13H2,1-3H3;3H,1-2H3,(H,5,6). The first-order chi connectivity index (χ1) is 21.6. The number of aryl methyl sites for hydroxylation is 1. The lowest BCUT2D eigenvalue weighted by molar-refractivity contribution is -0.140. The topological polar surface area (TPSA) is 146 Å².